The average molecular weight is 538 g/mol. The largest absolute Gasteiger partial charge is 0.374 e. The Labute approximate surface area is 239 Å². The molecule has 1 aliphatic carbocycles. The topological polar surface area (TPSA) is 30.9 Å². The lowest BCUT2D eigenvalue weighted by Gasteiger charge is -2.36. The van der Waals surface area contributed by atoms with Gasteiger partial charge in [0.25, 0.3) is 0 Å². The maximum absolute atomic E-state index is 6.73. The molecule has 1 saturated carbocycles. The fraction of sp³-hybridized carbons (Fsp3) is 0.657. The standard InChI is InChI=1S/C35H55NO3/c1-5-7-9-10-18-24-37-35-33(39-28-31-22-16-12-17-23-31)25-32(38-27-30-20-14-11-15-21-30)34(35)36(4)26-29(3)19-13-8-6-2/h11-12,14-17,20-23,29,32-35H,5-10,13,18-19,24-28H2,1-4H3. The van der Waals surface area contributed by atoms with Crippen molar-refractivity contribution in [3.8, 4) is 0 Å². The lowest BCUT2D eigenvalue weighted by atomic mass is 10.0. The van der Waals surface area contributed by atoms with Crippen LogP contribution < -0.4 is 0 Å². The molecule has 0 amide bonds. The van der Waals surface area contributed by atoms with Crippen LogP contribution in [0.1, 0.15) is 96.1 Å². The Morgan fingerprint density at radius 3 is 1.90 bits per heavy atom. The molecule has 2 aromatic rings. The van der Waals surface area contributed by atoms with E-state index in [1.165, 1.54) is 62.5 Å². The molecule has 2 aromatic carbocycles. The van der Waals surface area contributed by atoms with Gasteiger partial charge in [-0.15, -0.1) is 0 Å². The number of hydrogen-bond donors (Lipinski definition) is 0. The van der Waals surface area contributed by atoms with Gasteiger partial charge in [-0.1, -0.05) is 126 Å². The summed E-state index contributed by atoms with van der Waals surface area (Å²) in [5.74, 6) is 0.648. The van der Waals surface area contributed by atoms with Crippen LogP contribution in [0.4, 0.5) is 0 Å². The zero-order chi connectivity index (χ0) is 27.7. The quantitative estimate of drug-likeness (QED) is 0.159. The number of benzene rings is 2. The SMILES string of the molecule is CCCCCCCOC1C(OCc2ccccc2)CC(OCc2ccccc2)C1N(C)CC(C)CCCCC. The fourth-order valence-electron chi connectivity index (χ4n) is 5.93. The van der Waals surface area contributed by atoms with Gasteiger partial charge in [0, 0.05) is 19.6 Å². The molecule has 1 aliphatic rings. The molecular weight excluding hydrogens is 482 g/mol. The maximum Gasteiger partial charge on any atom is 0.102 e. The van der Waals surface area contributed by atoms with Crippen LogP contribution in [-0.4, -0.2) is 49.5 Å². The first-order valence-corrected chi connectivity index (χ1v) is 15.7. The molecule has 0 bridgehead atoms. The van der Waals surface area contributed by atoms with Gasteiger partial charge < -0.3 is 14.2 Å². The van der Waals surface area contributed by atoms with Crippen molar-refractivity contribution in [3.63, 3.8) is 0 Å². The summed E-state index contributed by atoms with van der Waals surface area (Å²) >= 11 is 0. The summed E-state index contributed by atoms with van der Waals surface area (Å²) < 4.78 is 20.0. The summed E-state index contributed by atoms with van der Waals surface area (Å²) in [5, 5.41) is 0. The van der Waals surface area contributed by atoms with Gasteiger partial charge in [-0.3, -0.25) is 4.90 Å². The van der Waals surface area contributed by atoms with E-state index in [1.54, 1.807) is 0 Å². The Kier molecular flexibility index (Phi) is 15.2. The van der Waals surface area contributed by atoms with Crippen LogP contribution >= 0.6 is 0 Å². The van der Waals surface area contributed by atoms with Crippen LogP contribution in [-0.2, 0) is 27.4 Å². The average Bonchev–Trinajstić information content (AvgIpc) is 3.31. The summed E-state index contributed by atoms with van der Waals surface area (Å²) in [6.45, 7) is 10.0. The molecule has 3 rings (SSSR count). The highest BCUT2D eigenvalue weighted by Crippen LogP contribution is 2.34. The van der Waals surface area contributed by atoms with E-state index in [4.69, 9.17) is 14.2 Å². The molecule has 0 spiro atoms. The molecule has 1 fully saturated rings. The second-order valence-electron chi connectivity index (χ2n) is 11.7. The molecule has 0 heterocycles. The Morgan fingerprint density at radius 2 is 1.28 bits per heavy atom. The summed E-state index contributed by atoms with van der Waals surface area (Å²) in [7, 11) is 2.27. The van der Waals surface area contributed by atoms with Crippen LogP contribution in [0.25, 0.3) is 0 Å². The number of rotatable bonds is 20. The lowest BCUT2D eigenvalue weighted by molar-refractivity contribution is -0.0911. The van der Waals surface area contributed by atoms with Gasteiger partial charge in [-0.25, -0.2) is 0 Å². The molecule has 5 unspecified atom stereocenters. The summed E-state index contributed by atoms with van der Waals surface area (Å²) in [6.07, 6.45) is 12.4. The van der Waals surface area contributed by atoms with Crippen LogP contribution in [0.2, 0.25) is 0 Å². The van der Waals surface area contributed by atoms with Gasteiger partial charge in [0.1, 0.15) is 6.10 Å². The van der Waals surface area contributed by atoms with E-state index in [-0.39, 0.29) is 24.4 Å². The Hall–Kier alpha value is -1.72. The first-order chi connectivity index (χ1) is 19.1. The molecule has 218 valence electrons. The van der Waals surface area contributed by atoms with Gasteiger partial charge in [0.05, 0.1) is 31.5 Å². The monoisotopic (exact) mass is 537 g/mol. The van der Waals surface area contributed by atoms with Crippen molar-refractivity contribution in [2.45, 2.75) is 123 Å². The van der Waals surface area contributed by atoms with Crippen molar-refractivity contribution in [2.75, 3.05) is 20.2 Å². The number of hydrogen-bond acceptors (Lipinski definition) is 4. The predicted octanol–water partition coefficient (Wildman–Crippen LogP) is 8.43. The molecule has 4 nitrogen and oxygen atoms in total. The summed E-state index contributed by atoms with van der Waals surface area (Å²) in [4.78, 5) is 2.53. The zero-order valence-corrected chi connectivity index (χ0v) is 25.2. The summed E-state index contributed by atoms with van der Waals surface area (Å²) in [5.41, 5.74) is 2.42. The van der Waals surface area contributed by atoms with Crippen LogP contribution in [0, 0.1) is 5.92 Å². The zero-order valence-electron chi connectivity index (χ0n) is 25.2. The number of likely N-dealkylation sites (N-methyl/N-ethyl adjacent to an activating group) is 1. The van der Waals surface area contributed by atoms with E-state index in [9.17, 15) is 0 Å². The van der Waals surface area contributed by atoms with Crippen molar-refractivity contribution in [3.05, 3.63) is 71.8 Å². The minimum Gasteiger partial charge on any atom is -0.374 e. The molecule has 0 saturated heterocycles. The molecule has 0 N–H and O–H groups in total. The first-order valence-electron chi connectivity index (χ1n) is 15.7. The third kappa shape index (κ3) is 11.4. The molecular formula is C35H55NO3. The highest BCUT2D eigenvalue weighted by atomic mass is 16.6. The van der Waals surface area contributed by atoms with Crippen molar-refractivity contribution in [1.82, 2.24) is 4.90 Å². The second kappa shape index (κ2) is 18.6. The van der Waals surface area contributed by atoms with Crippen LogP contribution in [0.3, 0.4) is 0 Å². The highest BCUT2D eigenvalue weighted by molar-refractivity contribution is 5.15. The molecule has 4 heteroatoms. The van der Waals surface area contributed by atoms with Crippen LogP contribution in [0.15, 0.2) is 60.7 Å². The lowest BCUT2D eigenvalue weighted by Crippen LogP contribution is -2.49. The Morgan fingerprint density at radius 1 is 0.718 bits per heavy atom. The van der Waals surface area contributed by atoms with Gasteiger partial charge >= 0.3 is 0 Å². The van der Waals surface area contributed by atoms with Crippen molar-refractivity contribution in [2.24, 2.45) is 5.92 Å². The van der Waals surface area contributed by atoms with E-state index in [0.29, 0.717) is 19.1 Å². The molecule has 0 aliphatic heterocycles. The highest BCUT2D eigenvalue weighted by Gasteiger charge is 2.47. The minimum absolute atomic E-state index is 0.00787. The molecule has 0 aromatic heterocycles. The van der Waals surface area contributed by atoms with Gasteiger partial charge in [-0.05, 0) is 36.9 Å². The van der Waals surface area contributed by atoms with Crippen molar-refractivity contribution < 1.29 is 14.2 Å². The van der Waals surface area contributed by atoms with E-state index in [0.717, 1.165) is 26.0 Å². The van der Waals surface area contributed by atoms with E-state index < -0.39 is 0 Å². The van der Waals surface area contributed by atoms with Crippen molar-refractivity contribution >= 4 is 0 Å². The predicted molar refractivity (Wildman–Crippen MR) is 163 cm³/mol. The second-order valence-corrected chi connectivity index (χ2v) is 11.7. The van der Waals surface area contributed by atoms with Gasteiger partial charge in [0.2, 0.25) is 0 Å². The third-order valence-electron chi connectivity index (χ3n) is 8.13. The van der Waals surface area contributed by atoms with Gasteiger partial charge in [0.15, 0.2) is 0 Å². The van der Waals surface area contributed by atoms with E-state index in [1.807, 2.05) is 0 Å². The minimum atomic E-state index is 0.00787. The number of unbranched alkanes of at least 4 members (excludes halogenated alkanes) is 6. The first kappa shape index (κ1) is 31.8. The smallest absolute Gasteiger partial charge is 0.102 e. The fourth-order valence-corrected chi connectivity index (χ4v) is 5.93. The Bertz CT molecular complexity index is 861. The third-order valence-corrected chi connectivity index (χ3v) is 8.13. The number of ether oxygens (including phenoxy) is 3. The van der Waals surface area contributed by atoms with Gasteiger partial charge in [-0.2, -0.15) is 0 Å². The molecule has 5 atom stereocenters. The molecule has 39 heavy (non-hydrogen) atoms. The maximum atomic E-state index is 6.73. The van der Waals surface area contributed by atoms with Crippen LogP contribution in [0.5, 0.6) is 0 Å². The number of nitrogens with zero attached hydrogens (tertiary/aromatic N) is 1. The van der Waals surface area contributed by atoms with Crippen molar-refractivity contribution in [1.29, 1.82) is 0 Å². The van der Waals surface area contributed by atoms with E-state index in [2.05, 4.69) is 93.4 Å². The van der Waals surface area contributed by atoms with E-state index >= 15 is 0 Å². The molecule has 0 radical (unpaired) electrons. The summed E-state index contributed by atoms with van der Waals surface area (Å²) in [6, 6.07) is 21.2. The Balaban J connectivity index is 1.72. The normalized spacial score (nSPS) is 22.0.